The fraction of sp³-hybridized carbons (Fsp3) is 0.429. The van der Waals surface area contributed by atoms with Crippen LogP contribution in [-0.4, -0.2) is 42.7 Å². The van der Waals surface area contributed by atoms with Crippen molar-refractivity contribution in [3.8, 4) is 0 Å². The number of anilines is 2. The van der Waals surface area contributed by atoms with E-state index in [-0.39, 0.29) is 23.3 Å². The first-order chi connectivity index (χ1) is 19.0. The molecule has 3 amide bonds. The van der Waals surface area contributed by atoms with Gasteiger partial charge in [0.05, 0.1) is 11.5 Å². The molecule has 3 aromatic rings. The van der Waals surface area contributed by atoms with Crippen LogP contribution in [0.15, 0.2) is 59.3 Å². The van der Waals surface area contributed by atoms with Gasteiger partial charge in [0.1, 0.15) is 0 Å². The predicted molar refractivity (Wildman–Crippen MR) is 143 cm³/mol. The van der Waals surface area contributed by atoms with E-state index in [1.165, 1.54) is 12.3 Å². The van der Waals surface area contributed by atoms with Crippen molar-refractivity contribution in [2.75, 3.05) is 31.3 Å². The van der Waals surface area contributed by atoms with E-state index in [2.05, 4.69) is 40.2 Å². The van der Waals surface area contributed by atoms with Crippen LogP contribution in [-0.2, 0) is 11.0 Å². The molecule has 12 heteroatoms. The largest absolute Gasteiger partial charge is 0.424 e. The molecule has 0 bridgehead atoms. The van der Waals surface area contributed by atoms with Crippen molar-refractivity contribution < 1.29 is 32.0 Å². The van der Waals surface area contributed by atoms with Crippen LogP contribution in [0.5, 0.6) is 0 Å². The minimum atomic E-state index is -4.70. The van der Waals surface area contributed by atoms with E-state index in [0.29, 0.717) is 11.5 Å². The second-order valence-corrected chi connectivity index (χ2v) is 10.4. The molecule has 40 heavy (non-hydrogen) atoms. The quantitative estimate of drug-likeness (QED) is 0.318. The number of alkyl halides is 3. The molecule has 1 atom stereocenters. The third kappa shape index (κ3) is 7.81. The second kappa shape index (κ2) is 12.5. The number of hydrogen-bond acceptors (Lipinski definition) is 5. The molecule has 1 aliphatic carbocycles. The number of nitrogens with one attached hydrogen (secondary N) is 2. The Morgan fingerprint density at radius 3 is 2.35 bits per heavy atom. The highest BCUT2D eigenvalue weighted by molar-refractivity contribution is 6.04. The number of halogens is 3. The van der Waals surface area contributed by atoms with Crippen LogP contribution in [0, 0.1) is 5.92 Å². The number of benzene rings is 2. The molecule has 1 heterocycles. The van der Waals surface area contributed by atoms with Gasteiger partial charge in [-0.15, -0.1) is 0 Å². The molecule has 9 nitrogen and oxygen atoms in total. The molecule has 0 radical (unpaired) electrons. The molecule has 1 aliphatic rings. The van der Waals surface area contributed by atoms with Crippen LogP contribution in [0.1, 0.15) is 55.7 Å². The number of amides is 3. The first-order valence-corrected chi connectivity index (χ1v) is 13.1. The first kappa shape index (κ1) is 29.1. The van der Waals surface area contributed by atoms with Gasteiger partial charge in [0.2, 0.25) is 18.0 Å². The van der Waals surface area contributed by atoms with Crippen molar-refractivity contribution in [1.29, 1.82) is 0 Å². The molecule has 1 fully saturated rings. The van der Waals surface area contributed by atoms with Crippen LogP contribution >= 0.6 is 0 Å². The summed E-state index contributed by atoms with van der Waals surface area (Å²) < 4.78 is 47.6. The van der Waals surface area contributed by atoms with Gasteiger partial charge >= 0.3 is 6.18 Å². The maximum absolute atomic E-state index is 13.6. The molecule has 0 spiro atoms. The van der Waals surface area contributed by atoms with E-state index in [1.807, 2.05) is 0 Å². The van der Waals surface area contributed by atoms with Crippen LogP contribution in [0.2, 0.25) is 0 Å². The summed E-state index contributed by atoms with van der Waals surface area (Å²) >= 11 is 0. The number of nitrogens with zero attached hydrogens (tertiary/aromatic N) is 4. The zero-order valence-corrected chi connectivity index (χ0v) is 22.6. The number of aromatic nitrogens is 2. The van der Waals surface area contributed by atoms with E-state index in [4.69, 9.17) is 4.52 Å². The molecule has 0 aliphatic heterocycles. The fourth-order valence-corrected chi connectivity index (χ4v) is 4.91. The molecule has 4 rings (SSSR count). The van der Waals surface area contributed by atoms with E-state index in [0.717, 1.165) is 44.4 Å². The van der Waals surface area contributed by atoms with E-state index >= 15 is 0 Å². The van der Waals surface area contributed by atoms with Gasteiger partial charge in [-0.2, -0.15) is 13.2 Å². The SMILES string of the molecule is C[C@H](C(=O)Nc1cc(NC(=O)[N-]c2c[n+](C3CCC(CN(C)C)CC3)no2)cc(C(F)(F)F)c1)c1ccccc1. The van der Waals surface area contributed by atoms with Crippen molar-refractivity contribution in [1.82, 2.24) is 10.2 Å². The summed E-state index contributed by atoms with van der Waals surface area (Å²) in [6.07, 6.45) is 0.748. The van der Waals surface area contributed by atoms with Crippen molar-refractivity contribution in [3.05, 3.63) is 71.2 Å². The second-order valence-electron chi connectivity index (χ2n) is 10.4. The predicted octanol–water partition coefficient (Wildman–Crippen LogP) is 6.25. The third-order valence-corrected chi connectivity index (χ3v) is 6.97. The number of hydrogen-bond donors (Lipinski definition) is 2. The van der Waals surface area contributed by atoms with Crippen molar-refractivity contribution >= 4 is 29.2 Å². The summed E-state index contributed by atoms with van der Waals surface area (Å²) in [6.45, 7) is 2.68. The van der Waals surface area contributed by atoms with Gasteiger partial charge < -0.3 is 25.4 Å². The summed E-state index contributed by atoms with van der Waals surface area (Å²) in [5, 5.41) is 12.6. The Labute approximate surface area is 230 Å². The first-order valence-electron chi connectivity index (χ1n) is 13.1. The van der Waals surface area contributed by atoms with Gasteiger partial charge in [-0.05, 0) is 69.2 Å². The smallest absolute Gasteiger partial charge is 0.416 e. The lowest BCUT2D eigenvalue weighted by molar-refractivity contribution is -0.787. The number of rotatable bonds is 8. The highest BCUT2D eigenvalue weighted by Crippen LogP contribution is 2.34. The van der Waals surface area contributed by atoms with Gasteiger partial charge in [-0.1, -0.05) is 35.0 Å². The summed E-state index contributed by atoms with van der Waals surface area (Å²) in [5.74, 6) is -0.540. The summed E-state index contributed by atoms with van der Waals surface area (Å²) in [7, 11) is 4.11. The van der Waals surface area contributed by atoms with Gasteiger partial charge in [0.25, 0.3) is 0 Å². The summed E-state index contributed by atoms with van der Waals surface area (Å²) in [6, 6.07) is 10.9. The standard InChI is InChI=1S/C28H33F3N6O3/c1-18(20-7-5-4-6-8-20)26(38)32-22-13-21(28(29,30)31)14-23(15-22)33-27(39)34-25-17-37(35-40-25)24-11-9-19(10-12-24)16-36(2)3/h4-8,13-15,17-19,24H,9-12,16H2,1-3H3,(H2-,32,33,34,35,38,39)/t18-,19?,24?/m0/s1. The van der Waals surface area contributed by atoms with E-state index < -0.39 is 29.6 Å². The Balaban J connectivity index is 1.40. The van der Waals surface area contributed by atoms with Crippen molar-refractivity contribution in [2.24, 2.45) is 5.92 Å². The van der Waals surface area contributed by atoms with Crippen LogP contribution in [0.3, 0.4) is 0 Å². The van der Waals surface area contributed by atoms with Crippen LogP contribution < -0.4 is 15.3 Å². The third-order valence-electron chi connectivity index (χ3n) is 6.97. The average Bonchev–Trinajstić information content (AvgIpc) is 3.36. The Morgan fingerprint density at radius 2 is 1.73 bits per heavy atom. The lowest BCUT2D eigenvalue weighted by Crippen LogP contribution is -2.43. The van der Waals surface area contributed by atoms with Crippen molar-refractivity contribution in [2.45, 2.75) is 50.7 Å². The molecular weight excluding hydrogens is 525 g/mol. The number of carbonyl (C=O) groups excluding carboxylic acids is 2. The molecule has 0 saturated heterocycles. The molecule has 2 N–H and O–H groups in total. The zero-order valence-electron chi connectivity index (χ0n) is 22.6. The van der Waals surface area contributed by atoms with Gasteiger partial charge in [-0.25, -0.2) is 0 Å². The zero-order chi connectivity index (χ0) is 28.9. The highest BCUT2D eigenvalue weighted by atomic mass is 19.4. The van der Waals surface area contributed by atoms with Gasteiger partial charge in [0, 0.05) is 25.1 Å². The number of carbonyl (C=O) groups is 2. The lowest BCUT2D eigenvalue weighted by atomic mass is 9.86. The maximum Gasteiger partial charge on any atom is 0.416 e. The fourth-order valence-electron chi connectivity index (χ4n) is 4.91. The van der Waals surface area contributed by atoms with Gasteiger partial charge in [-0.3, -0.25) is 9.59 Å². The minimum absolute atomic E-state index is 0.0647. The molecule has 1 aromatic heterocycles. The van der Waals surface area contributed by atoms with Gasteiger partial charge in [0.15, 0.2) is 17.3 Å². The topological polar surface area (TPSA) is 105 Å². The normalized spacial score (nSPS) is 18.3. The lowest BCUT2D eigenvalue weighted by Gasteiger charge is -2.26. The Kier molecular flexibility index (Phi) is 9.08. The minimum Gasteiger partial charge on any atom is -0.424 e. The maximum atomic E-state index is 13.6. The highest BCUT2D eigenvalue weighted by Gasteiger charge is 2.32. The molecule has 2 aromatic carbocycles. The monoisotopic (exact) mass is 558 g/mol. The molecular formula is C28H33F3N6O3. The van der Waals surface area contributed by atoms with E-state index in [9.17, 15) is 22.8 Å². The van der Waals surface area contributed by atoms with Crippen molar-refractivity contribution in [3.63, 3.8) is 0 Å². The summed E-state index contributed by atoms with van der Waals surface area (Å²) in [5.41, 5.74) is -0.612. The summed E-state index contributed by atoms with van der Waals surface area (Å²) in [4.78, 5) is 27.5. The van der Waals surface area contributed by atoms with Crippen LogP contribution in [0.25, 0.3) is 5.32 Å². The molecule has 214 valence electrons. The van der Waals surface area contributed by atoms with E-state index in [1.54, 1.807) is 41.9 Å². The Bertz CT molecular complexity index is 1300. The molecule has 1 saturated carbocycles. The Morgan fingerprint density at radius 1 is 1.07 bits per heavy atom. The Hall–Kier alpha value is -3.93. The number of urea groups is 1. The van der Waals surface area contributed by atoms with Crippen LogP contribution in [0.4, 0.5) is 35.2 Å². The average molecular weight is 559 g/mol. The molecule has 0 unspecified atom stereocenters.